The van der Waals surface area contributed by atoms with E-state index < -0.39 is 11.3 Å². The number of rotatable bonds is 6. The molecule has 26 heavy (non-hydrogen) atoms. The lowest BCUT2D eigenvalue weighted by Gasteiger charge is -2.14. The van der Waals surface area contributed by atoms with Crippen LogP contribution < -0.4 is 10.6 Å². The van der Waals surface area contributed by atoms with Crippen LogP contribution in [0.15, 0.2) is 54.6 Å². The molecule has 2 amide bonds. The van der Waals surface area contributed by atoms with Crippen molar-refractivity contribution in [3.05, 3.63) is 65.7 Å². The molecule has 2 aromatic carbocycles. The number of hydrogen-bond donors (Lipinski definition) is 2. The van der Waals surface area contributed by atoms with Gasteiger partial charge < -0.3 is 15.4 Å². The summed E-state index contributed by atoms with van der Waals surface area (Å²) >= 11 is 0. The molecule has 0 aromatic heterocycles. The second-order valence-corrected chi connectivity index (χ2v) is 6.23. The zero-order valence-corrected chi connectivity index (χ0v) is 14.5. The number of carbonyl (C=O) groups is 3. The van der Waals surface area contributed by atoms with Gasteiger partial charge in [-0.1, -0.05) is 30.3 Å². The van der Waals surface area contributed by atoms with Gasteiger partial charge in [0, 0.05) is 18.3 Å². The fraction of sp³-hybridized carbons (Fsp3) is 0.250. The minimum Gasteiger partial charge on any atom is -0.455 e. The lowest BCUT2D eigenvalue weighted by Crippen LogP contribution is -2.28. The molecule has 0 bridgehead atoms. The van der Waals surface area contributed by atoms with Gasteiger partial charge in [-0.05, 0) is 42.7 Å². The predicted octanol–water partition coefficient (Wildman–Crippen LogP) is 2.26. The van der Waals surface area contributed by atoms with E-state index in [-0.39, 0.29) is 18.5 Å². The Morgan fingerprint density at radius 2 is 1.65 bits per heavy atom. The van der Waals surface area contributed by atoms with Gasteiger partial charge in [-0.2, -0.15) is 0 Å². The lowest BCUT2D eigenvalue weighted by molar-refractivity contribution is -0.150. The van der Waals surface area contributed by atoms with Gasteiger partial charge in [-0.3, -0.25) is 14.4 Å². The van der Waals surface area contributed by atoms with Crippen molar-refractivity contribution in [2.24, 2.45) is 0 Å². The van der Waals surface area contributed by atoms with Gasteiger partial charge in [-0.15, -0.1) is 0 Å². The number of benzene rings is 2. The van der Waals surface area contributed by atoms with Crippen LogP contribution in [0.2, 0.25) is 0 Å². The van der Waals surface area contributed by atoms with Crippen LogP contribution in [0.3, 0.4) is 0 Å². The van der Waals surface area contributed by atoms with Crippen LogP contribution in [0, 0.1) is 0 Å². The van der Waals surface area contributed by atoms with Crippen LogP contribution in [0.4, 0.5) is 5.69 Å². The molecule has 3 rings (SSSR count). The van der Waals surface area contributed by atoms with E-state index in [1.807, 2.05) is 30.3 Å². The smallest absolute Gasteiger partial charge is 0.317 e. The Bertz CT molecular complexity index is 811. The van der Waals surface area contributed by atoms with Gasteiger partial charge in [0.2, 0.25) is 0 Å². The Kier molecular flexibility index (Phi) is 5.02. The first-order valence-electron chi connectivity index (χ1n) is 8.40. The number of amides is 2. The predicted molar refractivity (Wildman–Crippen MR) is 96.8 cm³/mol. The van der Waals surface area contributed by atoms with Crippen molar-refractivity contribution in [3.63, 3.8) is 0 Å². The normalized spacial score (nSPS) is 14.2. The molecule has 0 spiro atoms. The molecule has 6 heteroatoms. The van der Waals surface area contributed by atoms with Crippen molar-refractivity contribution >= 4 is 23.5 Å². The summed E-state index contributed by atoms with van der Waals surface area (Å²) in [6.07, 6.45) is 1.47. The number of carbonyl (C=O) groups excluding carboxylic acids is 3. The number of anilines is 1. The van der Waals surface area contributed by atoms with Crippen molar-refractivity contribution < 1.29 is 19.1 Å². The van der Waals surface area contributed by atoms with Crippen molar-refractivity contribution in [3.8, 4) is 0 Å². The fourth-order valence-electron chi connectivity index (χ4n) is 2.81. The van der Waals surface area contributed by atoms with E-state index in [4.69, 9.17) is 4.74 Å². The molecular weight excluding hydrogens is 332 g/mol. The van der Waals surface area contributed by atoms with Gasteiger partial charge in [0.1, 0.15) is 0 Å². The summed E-state index contributed by atoms with van der Waals surface area (Å²) in [4.78, 5) is 35.9. The molecule has 2 N–H and O–H groups in total. The Morgan fingerprint density at radius 1 is 1.00 bits per heavy atom. The van der Waals surface area contributed by atoms with Crippen LogP contribution in [0.1, 0.15) is 28.8 Å². The Hall–Kier alpha value is -3.15. The molecule has 2 aromatic rings. The summed E-state index contributed by atoms with van der Waals surface area (Å²) in [6.45, 7) is -0.343. The maximum absolute atomic E-state index is 12.4. The second-order valence-electron chi connectivity index (χ2n) is 6.23. The summed E-state index contributed by atoms with van der Waals surface area (Å²) in [5.74, 6) is -0.990. The zero-order valence-electron chi connectivity index (χ0n) is 14.5. The molecule has 0 aliphatic heterocycles. The first-order chi connectivity index (χ1) is 12.5. The van der Waals surface area contributed by atoms with Gasteiger partial charge in [-0.25, -0.2) is 0 Å². The average Bonchev–Trinajstić information content (AvgIpc) is 3.49. The average molecular weight is 352 g/mol. The molecule has 1 fully saturated rings. The largest absolute Gasteiger partial charge is 0.455 e. The maximum Gasteiger partial charge on any atom is 0.317 e. The highest BCUT2D eigenvalue weighted by Crippen LogP contribution is 2.49. The maximum atomic E-state index is 12.4. The van der Waals surface area contributed by atoms with Crippen LogP contribution in [0.25, 0.3) is 0 Å². The highest BCUT2D eigenvalue weighted by atomic mass is 16.5. The Morgan fingerprint density at radius 3 is 2.23 bits per heavy atom. The van der Waals surface area contributed by atoms with Crippen molar-refractivity contribution in [1.29, 1.82) is 0 Å². The third-order valence-electron chi connectivity index (χ3n) is 4.46. The fourth-order valence-corrected chi connectivity index (χ4v) is 2.81. The van der Waals surface area contributed by atoms with Gasteiger partial charge in [0.05, 0.1) is 5.41 Å². The number of hydrogen-bond acceptors (Lipinski definition) is 4. The highest BCUT2D eigenvalue weighted by molar-refractivity contribution is 5.96. The topological polar surface area (TPSA) is 84.5 Å². The standard InChI is InChI=1S/C20H20N2O4/c1-21-18(24)14-7-9-16(10-8-14)22-17(23)13-26-19(25)20(11-12-20)15-5-3-2-4-6-15/h2-10H,11-13H2,1H3,(H,21,24)(H,22,23). The van der Waals surface area contributed by atoms with Crippen LogP contribution in [-0.4, -0.2) is 31.4 Å². The molecule has 0 radical (unpaired) electrons. The Balaban J connectivity index is 1.53. The first kappa shape index (κ1) is 17.7. The second kappa shape index (κ2) is 7.39. The monoisotopic (exact) mass is 352 g/mol. The highest BCUT2D eigenvalue weighted by Gasteiger charge is 2.52. The van der Waals surface area contributed by atoms with Crippen LogP contribution in [0.5, 0.6) is 0 Å². The summed E-state index contributed by atoms with van der Waals surface area (Å²) in [6, 6.07) is 15.9. The van der Waals surface area contributed by atoms with Gasteiger partial charge in [0.15, 0.2) is 6.61 Å². The number of esters is 1. The molecule has 0 atom stereocenters. The molecule has 1 saturated carbocycles. The van der Waals surface area contributed by atoms with E-state index in [1.54, 1.807) is 31.3 Å². The molecule has 1 aliphatic carbocycles. The van der Waals surface area contributed by atoms with Crippen molar-refractivity contribution in [2.75, 3.05) is 19.0 Å². The summed E-state index contributed by atoms with van der Waals surface area (Å²) in [7, 11) is 1.55. The number of ether oxygens (including phenoxy) is 1. The SMILES string of the molecule is CNC(=O)c1ccc(NC(=O)COC(=O)C2(c3ccccc3)CC2)cc1. The molecule has 1 aliphatic rings. The van der Waals surface area contributed by atoms with Crippen LogP contribution in [-0.2, 0) is 19.7 Å². The van der Waals surface area contributed by atoms with E-state index in [2.05, 4.69) is 10.6 Å². The minimum absolute atomic E-state index is 0.201. The summed E-state index contributed by atoms with van der Waals surface area (Å²) < 4.78 is 5.22. The molecule has 134 valence electrons. The quantitative estimate of drug-likeness (QED) is 0.781. The molecule has 0 unspecified atom stereocenters. The van der Waals surface area contributed by atoms with E-state index >= 15 is 0 Å². The van der Waals surface area contributed by atoms with E-state index in [1.165, 1.54) is 0 Å². The third kappa shape index (κ3) is 3.74. The first-order valence-corrected chi connectivity index (χ1v) is 8.40. The van der Waals surface area contributed by atoms with Crippen molar-refractivity contribution in [2.45, 2.75) is 18.3 Å². The van der Waals surface area contributed by atoms with Crippen LogP contribution >= 0.6 is 0 Å². The van der Waals surface area contributed by atoms with Gasteiger partial charge >= 0.3 is 5.97 Å². The summed E-state index contributed by atoms with van der Waals surface area (Å²) in [5.41, 5.74) is 1.35. The molecular formula is C20H20N2O4. The van der Waals surface area contributed by atoms with E-state index in [9.17, 15) is 14.4 Å². The molecule has 6 nitrogen and oxygen atoms in total. The van der Waals surface area contributed by atoms with Gasteiger partial charge in [0.25, 0.3) is 11.8 Å². The van der Waals surface area contributed by atoms with Crippen molar-refractivity contribution in [1.82, 2.24) is 5.32 Å². The lowest BCUT2D eigenvalue weighted by atomic mass is 9.96. The molecule has 0 heterocycles. The minimum atomic E-state index is -0.600. The van der Waals surface area contributed by atoms with E-state index in [0.29, 0.717) is 11.3 Å². The summed E-state index contributed by atoms with van der Waals surface area (Å²) in [5, 5.41) is 5.17. The number of nitrogens with one attached hydrogen (secondary N) is 2. The zero-order chi connectivity index (χ0) is 18.6. The molecule has 0 saturated heterocycles. The third-order valence-corrected chi connectivity index (χ3v) is 4.46. The Labute approximate surface area is 151 Å². The van der Waals surface area contributed by atoms with E-state index in [0.717, 1.165) is 18.4 Å².